The lowest BCUT2D eigenvalue weighted by molar-refractivity contribution is -0.139. The third kappa shape index (κ3) is 9.41. The van der Waals surface area contributed by atoms with Crippen molar-refractivity contribution in [3.05, 3.63) is 0 Å². The van der Waals surface area contributed by atoms with E-state index in [0.717, 1.165) is 0 Å². The number of hydrogen-bond donors (Lipinski definition) is 5. The Labute approximate surface area is 134 Å². The van der Waals surface area contributed by atoms with Crippen molar-refractivity contribution in [3.63, 3.8) is 0 Å². The molecule has 0 aliphatic carbocycles. The quantitative estimate of drug-likeness (QED) is 0.287. The summed E-state index contributed by atoms with van der Waals surface area (Å²) in [6, 6.07) is -3.54. The van der Waals surface area contributed by atoms with Gasteiger partial charge in [0.15, 0.2) is 0 Å². The molecule has 0 aliphatic heterocycles. The molecule has 0 saturated carbocycles. The number of rotatable bonds is 11. The Morgan fingerprint density at radius 2 is 1.48 bits per heavy atom. The van der Waals surface area contributed by atoms with Gasteiger partial charge in [-0.15, -0.1) is 9.24 Å². The van der Waals surface area contributed by atoms with E-state index in [-0.39, 0.29) is 37.6 Å². The number of amides is 3. The molecule has 3 amide bonds. The molecule has 0 fully saturated rings. The molecule has 10 nitrogen and oxygen atoms in total. The molecular formula is C12H20N3O7P. The second-order valence-electron chi connectivity index (χ2n) is 4.68. The number of ketones is 1. The van der Waals surface area contributed by atoms with Crippen LogP contribution in [0.25, 0.3) is 0 Å². The second-order valence-corrected chi connectivity index (χ2v) is 5.09. The molecule has 6 N–H and O–H groups in total. The van der Waals surface area contributed by atoms with Gasteiger partial charge in [-0.2, -0.15) is 0 Å². The molecule has 130 valence electrons. The van der Waals surface area contributed by atoms with Gasteiger partial charge in [-0.25, -0.2) is 9.59 Å². The zero-order chi connectivity index (χ0) is 18.0. The van der Waals surface area contributed by atoms with Gasteiger partial charge in [-0.1, -0.05) is 0 Å². The maximum Gasteiger partial charge on any atom is 0.326 e. The highest BCUT2D eigenvalue weighted by atomic mass is 31.0. The van der Waals surface area contributed by atoms with Crippen molar-refractivity contribution in [1.82, 2.24) is 10.6 Å². The van der Waals surface area contributed by atoms with Gasteiger partial charge in [0.25, 0.3) is 0 Å². The minimum absolute atomic E-state index is 0.0288. The van der Waals surface area contributed by atoms with E-state index in [0.29, 0.717) is 0 Å². The first-order valence-electron chi connectivity index (χ1n) is 6.70. The Kier molecular flexibility index (Phi) is 9.48. The first kappa shape index (κ1) is 20.8. The molecule has 0 aromatic heterocycles. The average Bonchev–Trinajstić information content (AvgIpc) is 2.46. The molecule has 3 atom stereocenters. The SMILES string of the molecule is NC(=O)C(CCC(=O)O)NC(=O)N[C@@H](CCC(=O)CP)C(=O)O. The fourth-order valence-electron chi connectivity index (χ4n) is 1.58. The van der Waals surface area contributed by atoms with Gasteiger partial charge in [0.1, 0.15) is 17.9 Å². The lowest BCUT2D eigenvalue weighted by Gasteiger charge is -2.18. The van der Waals surface area contributed by atoms with Crippen molar-refractivity contribution in [3.8, 4) is 0 Å². The Bertz CT molecular complexity index is 483. The van der Waals surface area contributed by atoms with E-state index in [1.165, 1.54) is 0 Å². The maximum absolute atomic E-state index is 11.7. The molecule has 0 aromatic rings. The summed E-state index contributed by atoms with van der Waals surface area (Å²) in [5, 5.41) is 21.8. The summed E-state index contributed by atoms with van der Waals surface area (Å²) in [6.07, 6.45) is -0.566. The Balaban J connectivity index is 4.59. The van der Waals surface area contributed by atoms with E-state index >= 15 is 0 Å². The first-order valence-corrected chi connectivity index (χ1v) is 7.51. The molecule has 0 saturated heterocycles. The van der Waals surface area contributed by atoms with E-state index in [1.807, 2.05) is 0 Å². The topological polar surface area (TPSA) is 176 Å². The van der Waals surface area contributed by atoms with Crippen molar-refractivity contribution in [2.75, 3.05) is 6.16 Å². The summed E-state index contributed by atoms with van der Waals surface area (Å²) in [4.78, 5) is 55.5. The van der Waals surface area contributed by atoms with Crippen molar-refractivity contribution >= 4 is 38.9 Å². The number of carbonyl (C=O) groups is 5. The normalized spacial score (nSPS) is 12.7. The number of carbonyl (C=O) groups excluding carboxylic acids is 3. The van der Waals surface area contributed by atoms with Crippen LogP contribution in [0, 0.1) is 0 Å². The third-order valence-electron chi connectivity index (χ3n) is 2.84. The molecule has 0 aromatic carbocycles. The summed E-state index contributed by atoms with van der Waals surface area (Å²) in [5.41, 5.74) is 5.04. The number of primary amides is 1. The van der Waals surface area contributed by atoms with Crippen LogP contribution < -0.4 is 16.4 Å². The van der Waals surface area contributed by atoms with Crippen LogP contribution in [-0.4, -0.2) is 58.1 Å². The zero-order valence-electron chi connectivity index (χ0n) is 12.3. The summed E-state index contributed by atoms with van der Waals surface area (Å²) in [7, 11) is 2.21. The Morgan fingerprint density at radius 1 is 0.957 bits per heavy atom. The standard InChI is InChI=1S/C12H20N3O7P/c13-10(19)7(3-4-9(17)18)14-12(22)15-8(11(20)21)2-1-6(16)5-23/h7-8H,1-5,23H2,(H2,13,19)(H,17,18)(H,20,21)(H2,14,15,22)/t7?,8-/m0/s1. The Hall–Kier alpha value is -2.22. The van der Waals surface area contributed by atoms with Crippen LogP contribution in [0.3, 0.4) is 0 Å². The van der Waals surface area contributed by atoms with Crippen LogP contribution >= 0.6 is 9.24 Å². The number of carboxylic acid groups (broad SMARTS) is 2. The summed E-state index contributed by atoms with van der Waals surface area (Å²) in [5.74, 6) is -3.62. The smallest absolute Gasteiger partial charge is 0.326 e. The molecule has 23 heavy (non-hydrogen) atoms. The number of carboxylic acids is 2. The third-order valence-corrected chi connectivity index (χ3v) is 3.29. The van der Waals surface area contributed by atoms with Crippen LogP contribution in [0.5, 0.6) is 0 Å². The second kappa shape index (κ2) is 10.5. The predicted octanol–water partition coefficient (Wildman–Crippen LogP) is -1.32. The van der Waals surface area contributed by atoms with Gasteiger partial charge < -0.3 is 26.6 Å². The molecular weight excluding hydrogens is 329 g/mol. The van der Waals surface area contributed by atoms with Gasteiger partial charge in [0, 0.05) is 19.0 Å². The number of nitrogens with two attached hydrogens (primary N) is 1. The molecule has 0 heterocycles. The highest BCUT2D eigenvalue weighted by molar-refractivity contribution is 7.18. The lowest BCUT2D eigenvalue weighted by atomic mass is 10.1. The van der Waals surface area contributed by atoms with Crippen LogP contribution in [0.15, 0.2) is 0 Å². The molecule has 0 aliphatic rings. The fraction of sp³-hybridized carbons (Fsp3) is 0.583. The Morgan fingerprint density at radius 3 is 1.91 bits per heavy atom. The minimum atomic E-state index is -1.34. The van der Waals surface area contributed by atoms with Crippen LogP contribution in [-0.2, 0) is 19.2 Å². The lowest BCUT2D eigenvalue weighted by Crippen LogP contribution is -2.52. The molecule has 2 unspecified atom stereocenters. The van der Waals surface area contributed by atoms with Gasteiger partial charge in [0.2, 0.25) is 5.91 Å². The number of hydrogen-bond acceptors (Lipinski definition) is 5. The fourth-order valence-corrected chi connectivity index (χ4v) is 1.78. The summed E-state index contributed by atoms with van der Waals surface area (Å²) >= 11 is 0. The van der Waals surface area contributed by atoms with Gasteiger partial charge in [0.05, 0.1) is 0 Å². The zero-order valence-corrected chi connectivity index (χ0v) is 13.4. The van der Waals surface area contributed by atoms with Gasteiger partial charge >= 0.3 is 18.0 Å². The number of nitrogens with one attached hydrogen (secondary N) is 2. The number of urea groups is 1. The summed E-state index contributed by atoms with van der Waals surface area (Å²) in [6.45, 7) is 0. The van der Waals surface area contributed by atoms with E-state index in [4.69, 9.17) is 15.9 Å². The van der Waals surface area contributed by atoms with Gasteiger partial charge in [-0.3, -0.25) is 14.4 Å². The molecule has 0 radical (unpaired) electrons. The van der Waals surface area contributed by atoms with E-state index in [9.17, 15) is 24.0 Å². The molecule has 0 rings (SSSR count). The summed E-state index contributed by atoms with van der Waals surface area (Å²) < 4.78 is 0. The largest absolute Gasteiger partial charge is 0.481 e. The van der Waals surface area contributed by atoms with Crippen LogP contribution in [0.1, 0.15) is 25.7 Å². The average molecular weight is 349 g/mol. The number of aliphatic carboxylic acids is 2. The van der Waals surface area contributed by atoms with E-state index < -0.39 is 36.0 Å². The molecule has 0 spiro atoms. The first-order chi connectivity index (χ1) is 10.7. The van der Waals surface area contributed by atoms with Gasteiger partial charge in [-0.05, 0) is 12.8 Å². The van der Waals surface area contributed by atoms with Crippen molar-refractivity contribution < 1.29 is 34.2 Å². The van der Waals surface area contributed by atoms with Crippen LogP contribution in [0.4, 0.5) is 4.79 Å². The maximum atomic E-state index is 11.7. The minimum Gasteiger partial charge on any atom is -0.481 e. The van der Waals surface area contributed by atoms with E-state index in [1.54, 1.807) is 0 Å². The van der Waals surface area contributed by atoms with Crippen molar-refractivity contribution in [2.45, 2.75) is 37.8 Å². The van der Waals surface area contributed by atoms with E-state index in [2.05, 4.69) is 19.9 Å². The molecule has 0 bridgehead atoms. The number of Topliss-reactive ketones (excluding diaryl/α,β-unsaturated/α-hetero) is 1. The highest BCUT2D eigenvalue weighted by Crippen LogP contribution is 2.02. The molecule has 11 heteroatoms. The predicted molar refractivity (Wildman–Crippen MR) is 81.8 cm³/mol. The van der Waals surface area contributed by atoms with Crippen molar-refractivity contribution in [2.24, 2.45) is 5.73 Å². The van der Waals surface area contributed by atoms with Crippen LogP contribution in [0.2, 0.25) is 0 Å². The highest BCUT2D eigenvalue weighted by Gasteiger charge is 2.24. The van der Waals surface area contributed by atoms with Crippen molar-refractivity contribution in [1.29, 1.82) is 0 Å². The monoisotopic (exact) mass is 349 g/mol.